The molecule has 0 bridgehead atoms. The molecule has 1 N–H and O–H groups in total. The number of hydrogen-bond donors (Lipinski definition) is 1. The van der Waals surface area contributed by atoms with Crippen molar-refractivity contribution in [2.45, 2.75) is 26.2 Å². The molecule has 0 radical (unpaired) electrons. The summed E-state index contributed by atoms with van der Waals surface area (Å²) >= 11 is 0. The van der Waals surface area contributed by atoms with Crippen LogP contribution in [-0.4, -0.2) is 30.5 Å². The van der Waals surface area contributed by atoms with Gasteiger partial charge in [-0.15, -0.1) is 0 Å². The summed E-state index contributed by atoms with van der Waals surface area (Å²) in [5.41, 5.74) is 4.48. The van der Waals surface area contributed by atoms with Crippen LogP contribution in [-0.2, 0) is 17.9 Å². The number of para-hydroxylation sites is 2. The summed E-state index contributed by atoms with van der Waals surface area (Å²) < 4.78 is 16.9. The molecule has 0 saturated carbocycles. The fraction of sp³-hybridized carbons (Fsp3) is 0.188. The van der Waals surface area contributed by atoms with Crippen molar-refractivity contribution in [3.8, 4) is 11.5 Å². The Balaban J connectivity index is 1.47. The Morgan fingerprint density at radius 3 is 2.44 bits per heavy atom. The maximum absolute atomic E-state index is 13.7. The number of rotatable bonds is 9. The van der Waals surface area contributed by atoms with Crippen LogP contribution in [0.15, 0.2) is 97.1 Å². The van der Waals surface area contributed by atoms with E-state index in [0.717, 1.165) is 22.4 Å². The number of benzene rings is 4. The number of nitrogens with zero attached hydrogens (tertiary/aromatic N) is 1. The zero-order valence-corrected chi connectivity index (χ0v) is 21.9. The van der Waals surface area contributed by atoms with E-state index in [1.165, 1.54) is 0 Å². The number of esters is 1. The normalized spacial score (nSPS) is 14.3. The third kappa shape index (κ3) is 5.57. The Morgan fingerprint density at radius 1 is 0.897 bits per heavy atom. The zero-order chi connectivity index (χ0) is 27.2. The Morgan fingerprint density at radius 2 is 1.64 bits per heavy atom. The Kier molecular flexibility index (Phi) is 7.78. The van der Waals surface area contributed by atoms with Crippen molar-refractivity contribution >= 4 is 17.6 Å². The fourth-order valence-electron chi connectivity index (χ4n) is 4.71. The van der Waals surface area contributed by atoms with Gasteiger partial charge in [0.15, 0.2) is 0 Å². The molecule has 0 spiro atoms. The average molecular weight is 523 g/mol. The van der Waals surface area contributed by atoms with E-state index < -0.39 is 12.1 Å². The fourth-order valence-corrected chi connectivity index (χ4v) is 4.71. The van der Waals surface area contributed by atoms with Crippen molar-refractivity contribution < 1.29 is 23.8 Å². The van der Waals surface area contributed by atoms with E-state index in [2.05, 4.69) is 5.32 Å². The van der Waals surface area contributed by atoms with E-state index >= 15 is 0 Å². The second-order valence-electron chi connectivity index (χ2n) is 9.09. The highest BCUT2D eigenvalue weighted by molar-refractivity contribution is 6.01. The summed E-state index contributed by atoms with van der Waals surface area (Å²) in [5.74, 6) is 0.586. The number of nitrogens with one attached hydrogen (secondary N) is 1. The summed E-state index contributed by atoms with van der Waals surface area (Å²) in [4.78, 5) is 27.9. The van der Waals surface area contributed by atoms with Gasteiger partial charge in [0, 0.05) is 17.8 Å². The Bertz CT molecular complexity index is 1470. The number of ether oxygens (including phenoxy) is 3. The van der Waals surface area contributed by atoms with Gasteiger partial charge in [-0.25, -0.2) is 4.79 Å². The van der Waals surface area contributed by atoms with E-state index in [1.807, 2.05) is 83.8 Å². The quantitative estimate of drug-likeness (QED) is 0.263. The number of amides is 1. The summed E-state index contributed by atoms with van der Waals surface area (Å²) in [6.45, 7) is 2.64. The van der Waals surface area contributed by atoms with Crippen molar-refractivity contribution in [3.05, 3.63) is 125 Å². The molecule has 5 rings (SSSR count). The van der Waals surface area contributed by atoms with Gasteiger partial charge < -0.3 is 24.4 Å². The molecule has 4 aromatic rings. The first-order valence-corrected chi connectivity index (χ1v) is 12.8. The minimum Gasteiger partial charge on any atom is -0.496 e. The largest absolute Gasteiger partial charge is 0.496 e. The number of carbonyl (C=O) groups excluding carboxylic acids is 2. The molecule has 0 fully saturated rings. The van der Waals surface area contributed by atoms with Crippen LogP contribution in [0.3, 0.4) is 0 Å². The molecule has 4 aromatic carbocycles. The van der Waals surface area contributed by atoms with Crippen molar-refractivity contribution in [3.63, 3.8) is 0 Å². The van der Waals surface area contributed by atoms with E-state index in [0.29, 0.717) is 29.2 Å². The number of fused-ring (bicyclic) bond motifs is 1. The lowest BCUT2D eigenvalue weighted by Gasteiger charge is -2.38. The first kappa shape index (κ1) is 25.9. The third-order valence-corrected chi connectivity index (χ3v) is 6.60. The molecule has 0 saturated heterocycles. The van der Waals surface area contributed by atoms with Crippen LogP contribution in [0, 0.1) is 0 Å². The molecule has 1 amide bonds. The lowest BCUT2D eigenvalue weighted by Crippen LogP contribution is -2.42. The third-order valence-electron chi connectivity index (χ3n) is 6.60. The lowest BCUT2D eigenvalue weighted by molar-refractivity contribution is 0.0521. The molecule has 1 aliphatic rings. The molecule has 198 valence electrons. The van der Waals surface area contributed by atoms with Crippen LogP contribution in [0.2, 0.25) is 0 Å². The molecule has 1 unspecified atom stereocenters. The first-order chi connectivity index (χ1) is 19.1. The molecule has 7 heteroatoms. The average Bonchev–Trinajstić information content (AvgIpc) is 2.98. The van der Waals surface area contributed by atoms with Crippen molar-refractivity contribution in [2.75, 3.05) is 19.0 Å². The first-order valence-electron chi connectivity index (χ1n) is 12.8. The number of anilines is 1. The van der Waals surface area contributed by atoms with Crippen LogP contribution in [0.25, 0.3) is 0 Å². The van der Waals surface area contributed by atoms with E-state index in [-0.39, 0.29) is 19.1 Å². The number of methoxy groups -OCH3 is 1. The highest BCUT2D eigenvalue weighted by Crippen LogP contribution is 2.36. The zero-order valence-electron chi connectivity index (χ0n) is 21.9. The second kappa shape index (κ2) is 11.7. The molecule has 0 aromatic heterocycles. The highest BCUT2D eigenvalue weighted by atomic mass is 16.5. The maximum Gasteiger partial charge on any atom is 0.341 e. The molecule has 1 aliphatic heterocycles. The van der Waals surface area contributed by atoms with Gasteiger partial charge in [-0.05, 0) is 54.4 Å². The Hall–Kier alpha value is -4.78. The van der Waals surface area contributed by atoms with E-state index in [1.54, 1.807) is 32.2 Å². The minimum absolute atomic E-state index is 0.0461. The highest BCUT2D eigenvalue weighted by Gasteiger charge is 2.33. The van der Waals surface area contributed by atoms with E-state index in [4.69, 9.17) is 14.2 Å². The molecule has 39 heavy (non-hydrogen) atoms. The summed E-state index contributed by atoms with van der Waals surface area (Å²) in [6.07, 6.45) is -0.413. The van der Waals surface area contributed by atoms with E-state index in [9.17, 15) is 9.59 Å². The predicted molar refractivity (Wildman–Crippen MR) is 149 cm³/mol. The molecule has 7 nitrogen and oxygen atoms in total. The Labute approximate surface area is 227 Å². The van der Waals surface area contributed by atoms with Gasteiger partial charge in [-0.1, -0.05) is 60.7 Å². The number of carbonyl (C=O) groups is 2. The molecular weight excluding hydrogens is 492 g/mol. The molecule has 1 heterocycles. The van der Waals surface area contributed by atoms with Gasteiger partial charge in [-0.2, -0.15) is 0 Å². The van der Waals surface area contributed by atoms with Crippen LogP contribution in [0.4, 0.5) is 5.69 Å². The van der Waals surface area contributed by atoms with Gasteiger partial charge in [-0.3, -0.25) is 4.79 Å². The maximum atomic E-state index is 13.7. The van der Waals surface area contributed by atoms with Gasteiger partial charge >= 0.3 is 5.97 Å². The van der Waals surface area contributed by atoms with Gasteiger partial charge in [0.25, 0.3) is 5.91 Å². The van der Waals surface area contributed by atoms with Gasteiger partial charge in [0.1, 0.15) is 29.8 Å². The minimum atomic E-state index is -0.436. The van der Waals surface area contributed by atoms with Crippen molar-refractivity contribution in [2.24, 2.45) is 0 Å². The standard InChI is InChI=1S/C32H30N2O5/c1-3-38-32(36)26-14-8-10-16-29(26)39-21-24-19-23(17-18-28(24)37-2)30-33-27-15-9-7-13-25(27)31(35)34(30)20-22-11-5-4-6-12-22/h4-19,30,33H,3,20-21H2,1-2H3. The van der Waals surface area contributed by atoms with Crippen LogP contribution in [0.5, 0.6) is 11.5 Å². The van der Waals surface area contributed by atoms with Crippen LogP contribution >= 0.6 is 0 Å². The van der Waals surface area contributed by atoms with Crippen LogP contribution in [0.1, 0.15) is 50.5 Å². The summed E-state index contributed by atoms with van der Waals surface area (Å²) in [7, 11) is 1.60. The van der Waals surface area contributed by atoms with Crippen LogP contribution < -0.4 is 14.8 Å². The van der Waals surface area contributed by atoms with Gasteiger partial charge in [0.2, 0.25) is 0 Å². The smallest absolute Gasteiger partial charge is 0.341 e. The van der Waals surface area contributed by atoms with Crippen molar-refractivity contribution in [1.29, 1.82) is 0 Å². The summed E-state index contributed by atoms with van der Waals surface area (Å²) in [6, 6.07) is 30.3. The molecule has 1 atom stereocenters. The van der Waals surface area contributed by atoms with Gasteiger partial charge in [0.05, 0.1) is 19.3 Å². The monoisotopic (exact) mass is 522 g/mol. The SMILES string of the molecule is CCOC(=O)c1ccccc1OCc1cc(C2Nc3ccccc3C(=O)N2Cc2ccccc2)ccc1OC. The number of hydrogen-bond acceptors (Lipinski definition) is 6. The second-order valence-corrected chi connectivity index (χ2v) is 9.09. The predicted octanol–water partition coefficient (Wildman–Crippen LogP) is 6.22. The molecule has 0 aliphatic carbocycles. The summed E-state index contributed by atoms with van der Waals surface area (Å²) in [5, 5.41) is 3.55. The molecular formula is C32H30N2O5. The van der Waals surface area contributed by atoms with Crippen molar-refractivity contribution in [1.82, 2.24) is 4.90 Å². The lowest BCUT2D eigenvalue weighted by atomic mass is 10.0. The topological polar surface area (TPSA) is 77.1 Å².